The van der Waals surface area contributed by atoms with Gasteiger partial charge in [0.05, 0.1) is 0 Å². The summed E-state index contributed by atoms with van der Waals surface area (Å²) in [5.41, 5.74) is 2.25. The molecule has 2 N–H and O–H groups in total. The number of alkyl carbamates (subject to hydrolysis) is 1. The summed E-state index contributed by atoms with van der Waals surface area (Å²) >= 11 is 4.35. The van der Waals surface area contributed by atoms with Crippen LogP contribution in [0.15, 0.2) is 18.2 Å². The van der Waals surface area contributed by atoms with Crippen LogP contribution >= 0.6 is 12.6 Å². The number of unbranched alkanes of at least 4 members (excludes halogenated alkanes) is 2. The highest BCUT2D eigenvalue weighted by atomic mass is 32.1. The van der Waals surface area contributed by atoms with Gasteiger partial charge in [0, 0.05) is 18.3 Å². The Hall–Kier alpha value is -2.22. The van der Waals surface area contributed by atoms with Crippen molar-refractivity contribution >= 4 is 30.5 Å². The number of hydrogen-bond donors (Lipinski definition) is 3. The third-order valence-corrected chi connectivity index (χ3v) is 6.67. The Bertz CT molecular complexity index is 899. The summed E-state index contributed by atoms with van der Waals surface area (Å²) in [5, 5.41) is 5.71. The van der Waals surface area contributed by atoms with E-state index in [2.05, 4.69) is 37.1 Å². The molecule has 8 heteroatoms. The number of thiol groups is 1. The van der Waals surface area contributed by atoms with Crippen LogP contribution in [0, 0.1) is 19.8 Å². The van der Waals surface area contributed by atoms with Gasteiger partial charge >= 0.3 is 6.09 Å². The molecule has 4 atom stereocenters. The van der Waals surface area contributed by atoms with Crippen molar-refractivity contribution in [3.8, 4) is 0 Å². The van der Waals surface area contributed by atoms with Crippen LogP contribution in [0.2, 0.25) is 0 Å². The van der Waals surface area contributed by atoms with E-state index in [1.807, 2.05) is 32.0 Å². The lowest BCUT2D eigenvalue weighted by Crippen LogP contribution is -2.54. The van der Waals surface area contributed by atoms with Gasteiger partial charge in [-0.1, -0.05) is 44.9 Å². The summed E-state index contributed by atoms with van der Waals surface area (Å²) in [6, 6.07) is 4.09. The van der Waals surface area contributed by atoms with Crippen molar-refractivity contribution < 1.29 is 19.1 Å². The van der Waals surface area contributed by atoms with Gasteiger partial charge in [0.25, 0.3) is 0 Å². The van der Waals surface area contributed by atoms with E-state index in [1.165, 1.54) is 0 Å². The first-order valence-corrected chi connectivity index (χ1v) is 13.3. The Balaban J connectivity index is 2.40. The minimum absolute atomic E-state index is 0.0849. The van der Waals surface area contributed by atoms with E-state index in [9.17, 15) is 14.4 Å². The predicted octanol–water partition coefficient (Wildman–Crippen LogP) is 4.71. The molecule has 0 aliphatic heterocycles. The predicted molar refractivity (Wildman–Crippen MR) is 143 cm³/mol. The largest absolute Gasteiger partial charge is 0.444 e. The zero-order valence-corrected chi connectivity index (χ0v) is 23.2. The monoisotopic (exact) mass is 505 g/mol. The van der Waals surface area contributed by atoms with Crippen LogP contribution in [0.5, 0.6) is 0 Å². The quantitative estimate of drug-likeness (QED) is 0.300. The molecule has 1 aromatic carbocycles. The number of amides is 3. The maximum atomic E-state index is 13.9. The summed E-state index contributed by atoms with van der Waals surface area (Å²) in [6.07, 6.45) is 3.09. The van der Waals surface area contributed by atoms with Crippen LogP contribution in [-0.4, -0.2) is 52.8 Å². The van der Waals surface area contributed by atoms with Crippen molar-refractivity contribution in [1.82, 2.24) is 15.5 Å². The third kappa shape index (κ3) is 8.44. The minimum Gasteiger partial charge on any atom is -0.444 e. The van der Waals surface area contributed by atoms with E-state index in [0.717, 1.165) is 42.4 Å². The standard InChI is InChI=1S/C27H43N3O4S/c1-8-9-10-13-28-24(31)23(20-12-11-17(2)18(3)14-20)30(22-15-19(22)4)25(32)21(16-35)29-26(33)34-27(5,6)7/h11-12,14,19,21-23,35H,8-10,13,15-16H2,1-7H3,(H,28,31)(H,29,33). The minimum atomic E-state index is -0.914. The highest BCUT2D eigenvalue weighted by Crippen LogP contribution is 2.41. The third-order valence-electron chi connectivity index (χ3n) is 6.30. The fourth-order valence-corrected chi connectivity index (χ4v) is 4.29. The summed E-state index contributed by atoms with van der Waals surface area (Å²) in [7, 11) is 0. The number of nitrogens with one attached hydrogen (secondary N) is 2. The highest BCUT2D eigenvalue weighted by molar-refractivity contribution is 7.80. The SMILES string of the molecule is CCCCCNC(=O)C(c1ccc(C)c(C)c1)N(C(=O)C(CS)NC(=O)OC(C)(C)C)C1CC1C. The molecular formula is C27H43N3O4S. The molecule has 0 radical (unpaired) electrons. The number of rotatable bonds is 11. The smallest absolute Gasteiger partial charge is 0.408 e. The van der Waals surface area contributed by atoms with Crippen LogP contribution in [0.3, 0.4) is 0 Å². The molecule has 0 bridgehead atoms. The van der Waals surface area contributed by atoms with E-state index >= 15 is 0 Å². The highest BCUT2D eigenvalue weighted by Gasteiger charge is 2.48. The van der Waals surface area contributed by atoms with Crippen LogP contribution in [-0.2, 0) is 14.3 Å². The van der Waals surface area contributed by atoms with Crippen molar-refractivity contribution in [3.05, 3.63) is 34.9 Å². The van der Waals surface area contributed by atoms with E-state index in [-0.39, 0.29) is 29.5 Å². The van der Waals surface area contributed by atoms with Gasteiger partial charge in [-0.15, -0.1) is 0 Å². The first kappa shape index (κ1) is 29.0. The average molecular weight is 506 g/mol. The molecule has 0 aromatic heterocycles. The Morgan fingerprint density at radius 3 is 2.34 bits per heavy atom. The normalized spacial score (nSPS) is 18.9. The summed E-state index contributed by atoms with van der Waals surface area (Å²) in [5.74, 6) is -0.171. The molecule has 1 aliphatic rings. The number of hydrogen-bond acceptors (Lipinski definition) is 5. The molecule has 0 heterocycles. The lowest BCUT2D eigenvalue weighted by atomic mass is 9.98. The van der Waals surface area contributed by atoms with E-state index in [4.69, 9.17) is 4.74 Å². The first-order valence-electron chi connectivity index (χ1n) is 12.7. The maximum absolute atomic E-state index is 13.9. The number of ether oxygens (including phenoxy) is 1. The fourth-order valence-electron chi connectivity index (χ4n) is 4.04. The van der Waals surface area contributed by atoms with Crippen LogP contribution in [0.4, 0.5) is 4.79 Å². The molecule has 1 aromatic rings. The van der Waals surface area contributed by atoms with Crippen molar-refractivity contribution in [2.24, 2.45) is 5.92 Å². The number of nitrogens with zero attached hydrogens (tertiary/aromatic N) is 1. The van der Waals surface area contributed by atoms with Crippen molar-refractivity contribution in [3.63, 3.8) is 0 Å². The number of benzene rings is 1. The zero-order chi connectivity index (χ0) is 26.3. The Labute approximate surface area is 216 Å². The molecule has 0 saturated heterocycles. The first-order chi connectivity index (χ1) is 16.4. The Kier molecular flexibility index (Phi) is 10.5. The van der Waals surface area contributed by atoms with Crippen LogP contribution < -0.4 is 10.6 Å². The van der Waals surface area contributed by atoms with Crippen molar-refractivity contribution in [1.29, 1.82) is 0 Å². The Morgan fingerprint density at radius 1 is 1.17 bits per heavy atom. The van der Waals surface area contributed by atoms with Crippen molar-refractivity contribution in [2.75, 3.05) is 12.3 Å². The number of aryl methyl sites for hydroxylation is 2. The topological polar surface area (TPSA) is 87.7 Å². The van der Waals surface area contributed by atoms with E-state index in [0.29, 0.717) is 6.54 Å². The van der Waals surface area contributed by atoms with E-state index in [1.54, 1.807) is 25.7 Å². The van der Waals surface area contributed by atoms with Gasteiger partial charge in [0.15, 0.2) is 0 Å². The number of carbonyl (C=O) groups is 3. The second-order valence-electron chi connectivity index (χ2n) is 10.7. The van der Waals surface area contributed by atoms with Gasteiger partial charge in [-0.05, 0) is 70.1 Å². The van der Waals surface area contributed by atoms with Gasteiger partial charge in [0.1, 0.15) is 17.7 Å². The molecule has 35 heavy (non-hydrogen) atoms. The lowest BCUT2D eigenvalue weighted by Gasteiger charge is -2.35. The van der Waals surface area contributed by atoms with Crippen LogP contribution in [0.1, 0.15) is 83.0 Å². The van der Waals surface area contributed by atoms with Crippen molar-refractivity contribution in [2.45, 2.75) is 97.9 Å². The van der Waals surface area contributed by atoms with E-state index < -0.39 is 23.8 Å². The average Bonchev–Trinajstić information content (AvgIpc) is 3.49. The summed E-state index contributed by atoms with van der Waals surface area (Å²) < 4.78 is 5.36. The molecule has 1 aliphatic carbocycles. The van der Waals surface area contributed by atoms with Gasteiger partial charge in [-0.2, -0.15) is 12.6 Å². The van der Waals surface area contributed by atoms with Gasteiger partial charge in [-0.25, -0.2) is 4.79 Å². The van der Waals surface area contributed by atoms with Crippen LogP contribution in [0.25, 0.3) is 0 Å². The second kappa shape index (κ2) is 12.7. The zero-order valence-electron chi connectivity index (χ0n) is 22.3. The summed E-state index contributed by atoms with van der Waals surface area (Å²) in [6.45, 7) is 14.1. The molecule has 7 nitrogen and oxygen atoms in total. The maximum Gasteiger partial charge on any atom is 0.408 e. The molecular weight excluding hydrogens is 462 g/mol. The second-order valence-corrected chi connectivity index (χ2v) is 11.0. The van der Waals surface area contributed by atoms with Gasteiger partial charge in [0.2, 0.25) is 11.8 Å². The molecule has 196 valence electrons. The molecule has 1 saturated carbocycles. The molecule has 0 spiro atoms. The molecule has 3 amide bonds. The fraction of sp³-hybridized carbons (Fsp3) is 0.667. The lowest BCUT2D eigenvalue weighted by molar-refractivity contribution is -0.143. The molecule has 1 fully saturated rings. The van der Waals surface area contributed by atoms with Gasteiger partial charge < -0.3 is 20.3 Å². The van der Waals surface area contributed by atoms with Gasteiger partial charge in [-0.3, -0.25) is 9.59 Å². The Morgan fingerprint density at radius 2 is 1.83 bits per heavy atom. The molecule has 2 rings (SSSR count). The summed E-state index contributed by atoms with van der Waals surface area (Å²) in [4.78, 5) is 41.6. The number of carbonyl (C=O) groups excluding carboxylic acids is 3. The molecule has 4 unspecified atom stereocenters.